The molecule has 0 aliphatic carbocycles. The summed E-state index contributed by atoms with van der Waals surface area (Å²) < 4.78 is 54.0. The summed E-state index contributed by atoms with van der Waals surface area (Å²) in [5, 5.41) is 0.0824. The normalized spacial score (nSPS) is 11.2. The van der Waals surface area contributed by atoms with Gasteiger partial charge in [0.15, 0.2) is 11.6 Å². The summed E-state index contributed by atoms with van der Waals surface area (Å²) in [6, 6.07) is 21.4. The van der Waals surface area contributed by atoms with E-state index in [1.165, 1.54) is 68.4 Å². The SMILES string of the molecule is CC(=O)c1cccc(NS(=O)(=O)c2c(Cl)cccc2Cl)c1Cl.CC(=O)c1cccc(NS(=O)(=O)c2ccccc2)c1Cl. The van der Waals surface area contributed by atoms with Crippen LogP contribution in [0.3, 0.4) is 0 Å². The number of benzene rings is 4. The van der Waals surface area contributed by atoms with Crippen molar-refractivity contribution in [3.8, 4) is 0 Å². The van der Waals surface area contributed by atoms with Crippen LogP contribution < -0.4 is 9.44 Å². The highest BCUT2D eigenvalue weighted by molar-refractivity contribution is 7.93. The van der Waals surface area contributed by atoms with E-state index in [0.717, 1.165) is 0 Å². The molecular weight excluding hydrogens is 666 g/mol. The first-order valence-corrected chi connectivity index (χ1v) is 16.3. The molecule has 2 N–H and O–H groups in total. The fourth-order valence-corrected chi connectivity index (χ4v) is 7.54. The van der Waals surface area contributed by atoms with Gasteiger partial charge < -0.3 is 0 Å². The lowest BCUT2D eigenvalue weighted by molar-refractivity contribution is 0.100. The highest BCUT2D eigenvalue weighted by atomic mass is 35.5. The maximum Gasteiger partial charge on any atom is 0.264 e. The Morgan fingerprint density at radius 2 is 0.952 bits per heavy atom. The van der Waals surface area contributed by atoms with Crippen LogP contribution in [0.15, 0.2) is 94.7 Å². The van der Waals surface area contributed by atoms with Crippen molar-refractivity contribution >= 4 is 89.4 Å². The molecule has 42 heavy (non-hydrogen) atoms. The van der Waals surface area contributed by atoms with E-state index in [1.807, 2.05) is 0 Å². The van der Waals surface area contributed by atoms with E-state index in [-0.39, 0.29) is 63.9 Å². The molecule has 0 aliphatic rings. The van der Waals surface area contributed by atoms with Crippen LogP contribution in [0.25, 0.3) is 0 Å². The Morgan fingerprint density at radius 1 is 0.548 bits per heavy atom. The van der Waals surface area contributed by atoms with Crippen molar-refractivity contribution in [1.29, 1.82) is 0 Å². The van der Waals surface area contributed by atoms with Crippen LogP contribution in [-0.4, -0.2) is 28.4 Å². The van der Waals surface area contributed by atoms with Crippen LogP contribution in [0, 0.1) is 0 Å². The molecule has 220 valence electrons. The average Bonchev–Trinajstić information content (AvgIpc) is 2.91. The molecule has 4 aromatic rings. The van der Waals surface area contributed by atoms with Crippen LogP contribution in [-0.2, 0) is 20.0 Å². The summed E-state index contributed by atoms with van der Waals surface area (Å²) >= 11 is 23.9. The molecule has 0 spiro atoms. The Kier molecular flexibility index (Phi) is 11.0. The quantitative estimate of drug-likeness (QED) is 0.181. The minimum atomic E-state index is -4.05. The summed E-state index contributed by atoms with van der Waals surface area (Å²) in [6.45, 7) is 2.71. The molecule has 0 unspecified atom stereocenters. The fourth-order valence-electron chi connectivity index (χ4n) is 3.50. The average molecular weight is 688 g/mol. The highest BCUT2D eigenvalue weighted by Crippen LogP contribution is 2.33. The van der Waals surface area contributed by atoms with Gasteiger partial charge in [-0.25, -0.2) is 16.8 Å². The zero-order valence-corrected chi connectivity index (χ0v) is 26.5. The first-order chi connectivity index (χ1) is 19.7. The van der Waals surface area contributed by atoms with Gasteiger partial charge in [-0.3, -0.25) is 19.0 Å². The van der Waals surface area contributed by atoms with Gasteiger partial charge in [0.25, 0.3) is 20.0 Å². The molecule has 14 heteroatoms. The lowest BCUT2D eigenvalue weighted by Crippen LogP contribution is -2.15. The first kappa shape index (κ1) is 33.4. The number of carbonyl (C=O) groups is 2. The van der Waals surface area contributed by atoms with Crippen molar-refractivity contribution in [1.82, 2.24) is 0 Å². The second-order valence-corrected chi connectivity index (χ2v) is 13.4. The number of hydrogen-bond donors (Lipinski definition) is 2. The van der Waals surface area contributed by atoms with Gasteiger partial charge in [0.05, 0.1) is 36.4 Å². The molecule has 0 saturated heterocycles. The van der Waals surface area contributed by atoms with Crippen LogP contribution in [0.2, 0.25) is 20.1 Å². The number of anilines is 2. The van der Waals surface area contributed by atoms with Crippen LogP contribution in [0.1, 0.15) is 34.6 Å². The third kappa shape index (κ3) is 8.03. The molecule has 0 bridgehead atoms. The topological polar surface area (TPSA) is 126 Å². The van der Waals surface area contributed by atoms with Gasteiger partial charge in [0.2, 0.25) is 0 Å². The Labute approximate surface area is 263 Å². The van der Waals surface area contributed by atoms with E-state index < -0.39 is 20.0 Å². The minimum absolute atomic E-state index is 0.0150. The van der Waals surface area contributed by atoms with Crippen LogP contribution in [0.5, 0.6) is 0 Å². The predicted molar refractivity (Wildman–Crippen MR) is 167 cm³/mol. The molecule has 4 rings (SSSR count). The molecule has 8 nitrogen and oxygen atoms in total. The molecule has 0 fully saturated rings. The van der Waals surface area contributed by atoms with Crippen molar-refractivity contribution in [2.75, 3.05) is 9.44 Å². The van der Waals surface area contributed by atoms with E-state index in [1.54, 1.807) is 30.3 Å². The van der Waals surface area contributed by atoms with Gasteiger partial charge in [-0.1, -0.05) is 82.8 Å². The van der Waals surface area contributed by atoms with E-state index >= 15 is 0 Å². The van der Waals surface area contributed by atoms with Crippen molar-refractivity contribution < 1.29 is 26.4 Å². The van der Waals surface area contributed by atoms with Gasteiger partial charge in [-0.15, -0.1) is 0 Å². The Bertz CT molecular complexity index is 1850. The maximum absolute atomic E-state index is 12.5. The molecule has 0 heterocycles. The monoisotopic (exact) mass is 686 g/mol. The summed E-state index contributed by atoms with van der Waals surface area (Å²) in [5.74, 6) is -0.502. The molecular formula is C28H22Cl4N2O6S2. The van der Waals surface area contributed by atoms with Gasteiger partial charge in [0, 0.05) is 11.1 Å². The number of halogens is 4. The Hall–Kier alpha value is -3.12. The number of rotatable bonds is 8. The molecule has 0 radical (unpaired) electrons. The minimum Gasteiger partial charge on any atom is -0.294 e. The van der Waals surface area contributed by atoms with E-state index in [0.29, 0.717) is 0 Å². The lowest BCUT2D eigenvalue weighted by atomic mass is 10.1. The Morgan fingerprint density at radius 3 is 1.38 bits per heavy atom. The van der Waals surface area contributed by atoms with E-state index in [9.17, 15) is 26.4 Å². The smallest absolute Gasteiger partial charge is 0.264 e. The molecule has 0 saturated carbocycles. The largest absolute Gasteiger partial charge is 0.294 e. The summed E-state index contributed by atoms with van der Waals surface area (Å²) in [6.07, 6.45) is 0. The lowest BCUT2D eigenvalue weighted by Gasteiger charge is -2.13. The zero-order chi connectivity index (χ0) is 31.2. The van der Waals surface area contributed by atoms with Crippen LogP contribution in [0.4, 0.5) is 11.4 Å². The number of carbonyl (C=O) groups excluding carboxylic acids is 2. The first-order valence-electron chi connectivity index (χ1n) is 11.8. The third-order valence-electron chi connectivity index (χ3n) is 5.49. The van der Waals surface area contributed by atoms with E-state index in [4.69, 9.17) is 46.4 Å². The van der Waals surface area contributed by atoms with Gasteiger partial charge in [-0.2, -0.15) is 0 Å². The third-order valence-corrected chi connectivity index (χ3v) is 10.0. The van der Waals surface area contributed by atoms with Crippen LogP contribution >= 0.6 is 46.4 Å². The number of Topliss-reactive ketones (excluding diaryl/α,β-unsaturated/α-hetero) is 2. The highest BCUT2D eigenvalue weighted by Gasteiger charge is 2.23. The van der Waals surface area contributed by atoms with Crippen molar-refractivity contribution in [3.05, 3.63) is 116 Å². The number of nitrogens with one attached hydrogen (secondary N) is 2. The summed E-state index contributed by atoms with van der Waals surface area (Å²) in [4.78, 5) is 22.7. The van der Waals surface area contributed by atoms with Gasteiger partial charge >= 0.3 is 0 Å². The van der Waals surface area contributed by atoms with Crippen molar-refractivity contribution in [2.45, 2.75) is 23.6 Å². The molecule has 4 aromatic carbocycles. The maximum atomic E-state index is 12.5. The van der Waals surface area contributed by atoms with Gasteiger partial charge in [-0.05, 0) is 62.4 Å². The van der Waals surface area contributed by atoms with Gasteiger partial charge in [0.1, 0.15) is 4.90 Å². The number of hydrogen-bond acceptors (Lipinski definition) is 6. The fraction of sp³-hybridized carbons (Fsp3) is 0.0714. The van der Waals surface area contributed by atoms with E-state index in [2.05, 4.69) is 9.44 Å². The Balaban J connectivity index is 0.000000231. The number of ketones is 2. The molecule has 0 atom stereocenters. The molecule has 0 aromatic heterocycles. The number of sulfonamides is 2. The zero-order valence-electron chi connectivity index (χ0n) is 21.9. The molecule has 0 amide bonds. The second-order valence-electron chi connectivity index (χ2n) is 8.52. The summed E-state index contributed by atoms with van der Waals surface area (Å²) in [7, 11) is -7.77. The summed E-state index contributed by atoms with van der Waals surface area (Å²) in [5.41, 5.74) is 0.751. The molecule has 0 aliphatic heterocycles. The predicted octanol–water partition coefficient (Wildman–Crippen LogP) is 7.99. The second kappa shape index (κ2) is 13.9. The van der Waals surface area contributed by atoms with Crippen molar-refractivity contribution in [3.63, 3.8) is 0 Å². The van der Waals surface area contributed by atoms with Crippen molar-refractivity contribution in [2.24, 2.45) is 0 Å². The standard InChI is InChI=1S/C14H10Cl3NO3S.C14H12ClNO3S/c1-8(19)9-4-2-7-12(13(9)17)18-22(20,21)14-10(15)5-3-6-11(14)16;1-10(17)12-8-5-9-13(14(12)15)16-20(18,19)11-6-3-2-4-7-11/h2-7,18H,1H3;2-9,16H,1H3.